The van der Waals surface area contributed by atoms with Crippen LogP contribution in [0, 0.1) is 0 Å². The summed E-state index contributed by atoms with van der Waals surface area (Å²) in [6.07, 6.45) is 9.91. The lowest BCUT2D eigenvalue weighted by atomic mass is 9.96. The standard InChI is InChI=1S/C21H39NO5.C2H6O/c1-3-4-5-8-11-14-21(2,27)16-22-17(18(23)15-19(22)24)12-9-6-7-10-13-20(25)26;1-2-3/h17-18,23,27H,3-16H2,1-2H3,(H,25,26);3H,2H2,1H3. The van der Waals surface area contributed by atoms with Crippen LogP contribution in [-0.4, -0.2) is 68.1 Å². The van der Waals surface area contributed by atoms with Gasteiger partial charge in [-0.25, -0.2) is 0 Å². The van der Waals surface area contributed by atoms with Crippen LogP contribution in [0.15, 0.2) is 0 Å². The molecule has 0 aromatic rings. The number of amides is 1. The van der Waals surface area contributed by atoms with Crippen molar-refractivity contribution < 1.29 is 30.0 Å². The van der Waals surface area contributed by atoms with Crippen molar-refractivity contribution in [2.24, 2.45) is 0 Å². The van der Waals surface area contributed by atoms with E-state index in [0.29, 0.717) is 19.3 Å². The number of hydrogen-bond donors (Lipinski definition) is 4. The van der Waals surface area contributed by atoms with Crippen molar-refractivity contribution in [3.63, 3.8) is 0 Å². The predicted molar refractivity (Wildman–Crippen MR) is 118 cm³/mol. The summed E-state index contributed by atoms with van der Waals surface area (Å²) in [5, 5.41) is 37.2. The third kappa shape index (κ3) is 13.2. The second kappa shape index (κ2) is 16.5. The van der Waals surface area contributed by atoms with Crippen LogP contribution in [-0.2, 0) is 9.59 Å². The minimum Gasteiger partial charge on any atom is -0.481 e. The van der Waals surface area contributed by atoms with Gasteiger partial charge in [0.1, 0.15) is 0 Å². The van der Waals surface area contributed by atoms with Crippen LogP contribution < -0.4 is 0 Å². The smallest absolute Gasteiger partial charge is 0.303 e. The normalized spacial score (nSPS) is 20.6. The molecule has 1 aliphatic heterocycles. The summed E-state index contributed by atoms with van der Waals surface area (Å²) >= 11 is 0. The highest BCUT2D eigenvalue weighted by Crippen LogP contribution is 2.28. The molecule has 0 bridgehead atoms. The second-order valence-corrected chi connectivity index (χ2v) is 8.68. The second-order valence-electron chi connectivity index (χ2n) is 8.68. The highest BCUT2D eigenvalue weighted by molar-refractivity contribution is 5.79. The van der Waals surface area contributed by atoms with E-state index >= 15 is 0 Å². The molecule has 1 rings (SSSR count). The Morgan fingerprint density at radius 2 is 1.63 bits per heavy atom. The lowest BCUT2D eigenvalue weighted by Crippen LogP contribution is -2.46. The molecule has 178 valence electrons. The summed E-state index contributed by atoms with van der Waals surface area (Å²) in [5.74, 6) is -0.848. The highest BCUT2D eigenvalue weighted by Gasteiger charge is 2.40. The quantitative estimate of drug-likeness (QED) is 0.295. The molecule has 3 atom stereocenters. The zero-order valence-corrected chi connectivity index (χ0v) is 19.3. The molecule has 1 aliphatic rings. The fourth-order valence-electron chi connectivity index (χ4n) is 3.92. The zero-order chi connectivity index (χ0) is 23.0. The van der Waals surface area contributed by atoms with Crippen LogP contribution in [0.3, 0.4) is 0 Å². The lowest BCUT2D eigenvalue weighted by Gasteiger charge is -2.33. The van der Waals surface area contributed by atoms with Gasteiger partial charge >= 0.3 is 5.97 Å². The minimum atomic E-state index is -0.925. The van der Waals surface area contributed by atoms with Crippen molar-refractivity contribution in [2.75, 3.05) is 13.2 Å². The molecule has 0 saturated carbocycles. The number of unbranched alkanes of at least 4 members (excludes halogenated alkanes) is 7. The molecule has 1 fully saturated rings. The van der Waals surface area contributed by atoms with Crippen LogP contribution in [0.2, 0.25) is 0 Å². The molecule has 7 nitrogen and oxygen atoms in total. The number of rotatable bonds is 15. The fraction of sp³-hybridized carbons (Fsp3) is 0.913. The van der Waals surface area contributed by atoms with Gasteiger partial charge in [0.15, 0.2) is 0 Å². The number of likely N-dealkylation sites (tertiary alicyclic amines) is 1. The number of carboxylic acid groups (broad SMARTS) is 1. The average molecular weight is 432 g/mol. The van der Waals surface area contributed by atoms with Gasteiger partial charge in [-0.2, -0.15) is 0 Å². The van der Waals surface area contributed by atoms with Crippen molar-refractivity contribution in [3.05, 3.63) is 0 Å². The third-order valence-electron chi connectivity index (χ3n) is 5.52. The van der Waals surface area contributed by atoms with E-state index in [1.54, 1.807) is 18.7 Å². The van der Waals surface area contributed by atoms with Gasteiger partial charge in [0.05, 0.1) is 24.2 Å². The Balaban J connectivity index is 0.00000263. The third-order valence-corrected chi connectivity index (χ3v) is 5.52. The van der Waals surface area contributed by atoms with Crippen molar-refractivity contribution in [1.82, 2.24) is 4.90 Å². The van der Waals surface area contributed by atoms with E-state index in [9.17, 15) is 19.8 Å². The van der Waals surface area contributed by atoms with Gasteiger partial charge in [-0.05, 0) is 33.1 Å². The van der Waals surface area contributed by atoms with Gasteiger partial charge in [0, 0.05) is 19.6 Å². The summed E-state index contributed by atoms with van der Waals surface area (Å²) in [7, 11) is 0. The molecular formula is C23H45NO6. The van der Waals surface area contributed by atoms with E-state index < -0.39 is 17.7 Å². The van der Waals surface area contributed by atoms with Crippen molar-refractivity contribution in [3.8, 4) is 0 Å². The molecule has 30 heavy (non-hydrogen) atoms. The maximum absolute atomic E-state index is 12.3. The number of aliphatic hydroxyl groups excluding tert-OH is 2. The summed E-state index contributed by atoms with van der Waals surface area (Å²) in [6, 6.07) is -0.233. The van der Waals surface area contributed by atoms with E-state index in [0.717, 1.165) is 32.1 Å². The summed E-state index contributed by atoms with van der Waals surface area (Å²) < 4.78 is 0. The Labute approximate surface area is 182 Å². The SMILES string of the molecule is CCCCCCCC(C)(O)CN1C(=O)CC(O)C1CCCCCCC(=O)O.CCO. The van der Waals surface area contributed by atoms with Crippen molar-refractivity contribution in [1.29, 1.82) is 0 Å². The molecule has 0 aromatic carbocycles. The molecule has 1 amide bonds. The van der Waals surface area contributed by atoms with Gasteiger partial charge in [-0.15, -0.1) is 0 Å². The predicted octanol–water partition coefficient (Wildman–Crippen LogP) is 3.48. The first kappa shape index (κ1) is 28.8. The number of carbonyl (C=O) groups excluding carboxylic acids is 1. The summed E-state index contributed by atoms with van der Waals surface area (Å²) in [6.45, 7) is 6.17. The molecule has 0 aromatic heterocycles. The molecule has 0 spiro atoms. The van der Waals surface area contributed by atoms with Crippen LogP contribution in [0.1, 0.15) is 104 Å². The maximum Gasteiger partial charge on any atom is 0.303 e. The van der Waals surface area contributed by atoms with Gasteiger partial charge in [-0.1, -0.05) is 58.3 Å². The molecule has 7 heteroatoms. The van der Waals surface area contributed by atoms with Gasteiger partial charge < -0.3 is 25.3 Å². The van der Waals surface area contributed by atoms with Gasteiger partial charge in [0.25, 0.3) is 0 Å². The van der Waals surface area contributed by atoms with Crippen LogP contribution >= 0.6 is 0 Å². The summed E-state index contributed by atoms with van der Waals surface area (Å²) in [4.78, 5) is 24.5. The Hall–Kier alpha value is -1.18. The Morgan fingerprint density at radius 3 is 2.23 bits per heavy atom. The number of nitrogens with zero attached hydrogens (tertiary/aromatic N) is 1. The maximum atomic E-state index is 12.3. The first-order valence-corrected chi connectivity index (χ1v) is 11.7. The van der Waals surface area contributed by atoms with Gasteiger partial charge in [-0.3, -0.25) is 9.59 Å². The van der Waals surface area contributed by atoms with E-state index in [1.807, 2.05) is 0 Å². The molecule has 1 saturated heterocycles. The first-order chi connectivity index (χ1) is 14.2. The molecular weight excluding hydrogens is 386 g/mol. The van der Waals surface area contributed by atoms with Gasteiger partial charge in [0.2, 0.25) is 5.91 Å². The Kier molecular flexibility index (Phi) is 15.9. The van der Waals surface area contributed by atoms with E-state index in [-0.39, 0.29) is 37.9 Å². The molecule has 1 heterocycles. The molecule has 0 aliphatic carbocycles. The Morgan fingerprint density at radius 1 is 1.07 bits per heavy atom. The number of β-amino-alcohol motifs (C(OH)–C–C–N with tert-alkyl or cyclic N) is 1. The number of carboxylic acids is 1. The van der Waals surface area contributed by atoms with Crippen molar-refractivity contribution in [2.45, 2.75) is 122 Å². The molecule has 3 unspecified atom stereocenters. The van der Waals surface area contributed by atoms with E-state index in [4.69, 9.17) is 10.2 Å². The molecule has 4 N–H and O–H groups in total. The van der Waals surface area contributed by atoms with Crippen LogP contribution in [0.4, 0.5) is 0 Å². The monoisotopic (exact) mass is 431 g/mol. The highest BCUT2D eigenvalue weighted by atomic mass is 16.4. The molecule has 0 radical (unpaired) electrons. The average Bonchev–Trinajstić information content (AvgIpc) is 2.91. The Bertz CT molecular complexity index is 469. The fourth-order valence-corrected chi connectivity index (χ4v) is 3.92. The van der Waals surface area contributed by atoms with E-state index in [1.165, 1.54) is 19.3 Å². The minimum absolute atomic E-state index is 0.0790. The number of carbonyl (C=O) groups is 2. The van der Waals surface area contributed by atoms with Crippen LogP contribution in [0.25, 0.3) is 0 Å². The summed E-state index contributed by atoms with van der Waals surface area (Å²) in [5.41, 5.74) is -0.925. The number of aliphatic hydroxyl groups is 3. The van der Waals surface area contributed by atoms with E-state index in [2.05, 4.69) is 6.92 Å². The largest absolute Gasteiger partial charge is 0.481 e. The topological polar surface area (TPSA) is 118 Å². The van der Waals surface area contributed by atoms with Crippen LogP contribution in [0.5, 0.6) is 0 Å². The zero-order valence-electron chi connectivity index (χ0n) is 19.3. The lowest BCUT2D eigenvalue weighted by molar-refractivity contribution is -0.137. The van der Waals surface area contributed by atoms with Crippen molar-refractivity contribution >= 4 is 11.9 Å². The first-order valence-electron chi connectivity index (χ1n) is 11.7. The number of hydrogen-bond acceptors (Lipinski definition) is 5. The number of aliphatic carboxylic acids is 1.